The average molecular weight is 384 g/mol. The van der Waals surface area contributed by atoms with Gasteiger partial charge in [0.15, 0.2) is 0 Å². The van der Waals surface area contributed by atoms with Crippen LogP contribution in [0.2, 0.25) is 0 Å². The molecule has 0 unspecified atom stereocenters. The predicted octanol–water partition coefficient (Wildman–Crippen LogP) is 7.08. The lowest BCUT2D eigenvalue weighted by Gasteiger charge is -2.15. The van der Waals surface area contributed by atoms with Gasteiger partial charge < -0.3 is 11.5 Å². The molecule has 2 nitrogen and oxygen atoms in total. The van der Waals surface area contributed by atoms with Crippen molar-refractivity contribution in [1.29, 1.82) is 0 Å². The van der Waals surface area contributed by atoms with Crippen molar-refractivity contribution in [3.8, 4) is 22.3 Å². The summed E-state index contributed by atoms with van der Waals surface area (Å²) in [5.74, 6) is 0. The SMILES string of the molecule is Nc1ccccc1-c1cc2ccc3cc(-c4ccccc4N)cc4ccc(c1)c2c34. The Labute approximate surface area is 174 Å². The van der Waals surface area contributed by atoms with Crippen LogP contribution in [-0.4, -0.2) is 0 Å². The highest BCUT2D eigenvalue weighted by atomic mass is 14.6. The maximum Gasteiger partial charge on any atom is 0.0393 e. The van der Waals surface area contributed by atoms with Gasteiger partial charge in [0.2, 0.25) is 0 Å². The van der Waals surface area contributed by atoms with Crippen LogP contribution in [0.25, 0.3) is 54.6 Å². The number of nitrogens with two attached hydrogens (primary N) is 2. The Morgan fingerprint density at radius 1 is 0.400 bits per heavy atom. The van der Waals surface area contributed by atoms with E-state index < -0.39 is 0 Å². The molecular formula is C28H20N2. The number of hydrogen-bond donors (Lipinski definition) is 2. The molecule has 0 fully saturated rings. The molecule has 0 aliphatic carbocycles. The molecule has 6 rings (SSSR count). The van der Waals surface area contributed by atoms with Crippen molar-refractivity contribution in [3.05, 3.63) is 97.1 Å². The quantitative estimate of drug-likeness (QED) is 0.247. The fourth-order valence-electron chi connectivity index (χ4n) is 4.67. The van der Waals surface area contributed by atoms with Crippen molar-refractivity contribution in [1.82, 2.24) is 0 Å². The van der Waals surface area contributed by atoms with Gasteiger partial charge in [-0.2, -0.15) is 0 Å². The Hall–Kier alpha value is -4.04. The maximum absolute atomic E-state index is 6.25. The zero-order valence-corrected chi connectivity index (χ0v) is 16.4. The largest absolute Gasteiger partial charge is 0.398 e. The zero-order chi connectivity index (χ0) is 20.2. The van der Waals surface area contributed by atoms with Gasteiger partial charge in [-0.15, -0.1) is 0 Å². The third-order valence-corrected chi connectivity index (χ3v) is 6.08. The second-order valence-corrected chi connectivity index (χ2v) is 7.90. The van der Waals surface area contributed by atoms with Gasteiger partial charge in [0, 0.05) is 22.5 Å². The maximum atomic E-state index is 6.25. The van der Waals surface area contributed by atoms with Gasteiger partial charge in [-0.1, -0.05) is 60.7 Å². The molecule has 0 radical (unpaired) electrons. The van der Waals surface area contributed by atoms with Crippen LogP contribution in [0.4, 0.5) is 11.4 Å². The van der Waals surface area contributed by atoms with Crippen molar-refractivity contribution in [3.63, 3.8) is 0 Å². The third kappa shape index (κ3) is 2.44. The van der Waals surface area contributed by atoms with E-state index in [2.05, 4.69) is 60.7 Å². The molecule has 0 bridgehead atoms. The molecule has 6 aromatic carbocycles. The number of benzene rings is 6. The van der Waals surface area contributed by atoms with E-state index in [0.29, 0.717) is 0 Å². The van der Waals surface area contributed by atoms with E-state index in [1.807, 2.05) is 36.4 Å². The number of anilines is 2. The van der Waals surface area contributed by atoms with Crippen LogP contribution in [0.3, 0.4) is 0 Å². The molecule has 2 heteroatoms. The molecule has 0 aliphatic heterocycles. The molecule has 0 spiro atoms. The van der Waals surface area contributed by atoms with Gasteiger partial charge in [0.05, 0.1) is 0 Å². The monoisotopic (exact) mass is 384 g/mol. The lowest BCUT2D eigenvalue weighted by atomic mass is 9.89. The number of nitrogen functional groups attached to an aromatic ring is 2. The second kappa shape index (κ2) is 6.23. The Balaban J connectivity index is 1.64. The normalized spacial score (nSPS) is 11.6. The summed E-state index contributed by atoms with van der Waals surface area (Å²) in [6.45, 7) is 0. The Morgan fingerprint density at radius 2 is 0.733 bits per heavy atom. The third-order valence-electron chi connectivity index (χ3n) is 6.08. The molecule has 0 aromatic heterocycles. The van der Waals surface area contributed by atoms with E-state index in [1.54, 1.807) is 0 Å². The molecule has 0 aliphatic rings. The summed E-state index contributed by atoms with van der Waals surface area (Å²) in [7, 11) is 0. The van der Waals surface area contributed by atoms with Gasteiger partial charge in [0.25, 0.3) is 0 Å². The van der Waals surface area contributed by atoms with Crippen LogP contribution in [0.5, 0.6) is 0 Å². The first-order chi connectivity index (χ1) is 14.7. The standard InChI is InChI=1S/C28H20N2/c29-25-7-3-1-5-23(25)21-13-17-9-11-19-15-22(24-6-2-4-8-26(24)30)16-20-12-10-18(14-21)27(17)28(19)20/h1-16H,29-30H2. The van der Waals surface area contributed by atoms with Crippen LogP contribution in [0, 0.1) is 0 Å². The van der Waals surface area contributed by atoms with E-state index in [-0.39, 0.29) is 0 Å². The van der Waals surface area contributed by atoms with Crippen LogP contribution in [0.1, 0.15) is 0 Å². The number of para-hydroxylation sites is 2. The van der Waals surface area contributed by atoms with Crippen LogP contribution < -0.4 is 11.5 Å². The second-order valence-electron chi connectivity index (χ2n) is 7.90. The highest BCUT2D eigenvalue weighted by Gasteiger charge is 2.13. The topological polar surface area (TPSA) is 52.0 Å². The zero-order valence-electron chi connectivity index (χ0n) is 16.4. The van der Waals surface area contributed by atoms with E-state index in [1.165, 1.54) is 32.3 Å². The summed E-state index contributed by atoms with van der Waals surface area (Å²) in [4.78, 5) is 0. The van der Waals surface area contributed by atoms with Gasteiger partial charge in [-0.05, 0) is 79.8 Å². The molecule has 4 N–H and O–H groups in total. The van der Waals surface area contributed by atoms with Crippen molar-refractivity contribution < 1.29 is 0 Å². The molecule has 142 valence electrons. The average Bonchev–Trinajstić information content (AvgIpc) is 2.77. The lowest BCUT2D eigenvalue weighted by Crippen LogP contribution is -1.92. The van der Waals surface area contributed by atoms with Crippen molar-refractivity contribution in [2.75, 3.05) is 11.5 Å². The summed E-state index contributed by atoms with van der Waals surface area (Å²) in [6, 6.07) is 33.9. The molecule has 6 aromatic rings. The fraction of sp³-hybridized carbons (Fsp3) is 0. The summed E-state index contributed by atoms with van der Waals surface area (Å²) < 4.78 is 0. The van der Waals surface area contributed by atoms with E-state index in [9.17, 15) is 0 Å². The first-order valence-corrected chi connectivity index (χ1v) is 10.1. The minimum absolute atomic E-state index is 0.801. The van der Waals surface area contributed by atoms with Crippen LogP contribution >= 0.6 is 0 Å². The highest BCUT2D eigenvalue weighted by molar-refractivity contribution is 6.24. The molecule has 0 heterocycles. The molecule has 0 saturated heterocycles. The van der Waals surface area contributed by atoms with Gasteiger partial charge in [-0.3, -0.25) is 0 Å². The molecule has 0 atom stereocenters. The van der Waals surface area contributed by atoms with Gasteiger partial charge >= 0.3 is 0 Å². The smallest absolute Gasteiger partial charge is 0.0393 e. The minimum atomic E-state index is 0.801. The summed E-state index contributed by atoms with van der Waals surface area (Å²) in [6.07, 6.45) is 0. The molecule has 30 heavy (non-hydrogen) atoms. The first-order valence-electron chi connectivity index (χ1n) is 10.1. The minimum Gasteiger partial charge on any atom is -0.398 e. The van der Waals surface area contributed by atoms with Gasteiger partial charge in [0.1, 0.15) is 0 Å². The van der Waals surface area contributed by atoms with Crippen molar-refractivity contribution >= 4 is 43.7 Å². The molecular weight excluding hydrogens is 364 g/mol. The highest BCUT2D eigenvalue weighted by Crippen LogP contribution is 2.40. The van der Waals surface area contributed by atoms with Crippen molar-refractivity contribution in [2.24, 2.45) is 0 Å². The summed E-state index contributed by atoms with van der Waals surface area (Å²) >= 11 is 0. The summed E-state index contributed by atoms with van der Waals surface area (Å²) in [5, 5.41) is 7.53. The number of hydrogen-bond acceptors (Lipinski definition) is 2. The van der Waals surface area contributed by atoms with E-state index in [0.717, 1.165) is 33.6 Å². The number of rotatable bonds is 2. The lowest BCUT2D eigenvalue weighted by molar-refractivity contribution is 1.63. The van der Waals surface area contributed by atoms with Crippen LogP contribution in [0.15, 0.2) is 97.1 Å². The fourth-order valence-corrected chi connectivity index (χ4v) is 4.67. The first kappa shape index (κ1) is 16.9. The molecule has 0 amide bonds. The predicted molar refractivity (Wildman–Crippen MR) is 130 cm³/mol. The Morgan fingerprint density at radius 3 is 1.07 bits per heavy atom. The van der Waals surface area contributed by atoms with Crippen molar-refractivity contribution in [2.45, 2.75) is 0 Å². The summed E-state index contributed by atoms with van der Waals surface area (Å²) in [5.41, 5.74) is 18.5. The van der Waals surface area contributed by atoms with E-state index >= 15 is 0 Å². The Kier molecular flexibility index (Phi) is 3.50. The van der Waals surface area contributed by atoms with Crippen LogP contribution in [-0.2, 0) is 0 Å². The molecule has 0 saturated carbocycles. The van der Waals surface area contributed by atoms with Gasteiger partial charge in [-0.25, -0.2) is 0 Å². The Bertz CT molecular complexity index is 1380. The van der Waals surface area contributed by atoms with E-state index in [4.69, 9.17) is 11.5 Å².